The second kappa shape index (κ2) is 5.98. The molecule has 0 radical (unpaired) electrons. The molecule has 0 unspecified atom stereocenters. The van der Waals surface area contributed by atoms with Crippen molar-refractivity contribution >= 4 is 45.7 Å². The molecule has 0 saturated heterocycles. The molecular weight excluding hydrogens is 371 g/mol. The van der Waals surface area contributed by atoms with Crippen LogP contribution in [-0.4, -0.2) is 17.8 Å². The summed E-state index contributed by atoms with van der Waals surface area (Å²) in [5, 5.41) is 2.66. The number of benzene rings is 1. The summed E-state index contributed by atoms with van der Waals surface area (Å²) in [6, 6.07) is 2.60. The van der Waals surface area contributed by atoms with Gasteiger partial charge in [-0.05, 0) is 40.4 Å². The summed E-state index contributed by atoms with van der Waals surface area (Å²) in [5.74, 6) is -0.609. The summed E-state index contributed by atoms with van der Waals surface area (Å²) in [4.78, 5) is 0. The maximum absolute atomic E-state index is 13.2. The van der Waals surface area contributed by atoms with Gasteiger partial charge in [0.1, 0.15) is 5.82 Å². The van der Waals surface area contributed by atoms with Crippen LogP contribution in [0.1, 0.15) is 0 Å². The van der Waals surface area contributed by atoms with Crippen LogP contribution in [0.4, 0.5) is 28.9 Å². The SMILES string of the molecule is Nc1cc(I)c(F)cc1NCCSC(F)(F)F. The van der Waals surface area contributed by atoms with E-state index in [9.17, 15) is 17.6 Å². The van der Waals surface area contributed by atoms with Gasteiger partial charge >= 0.3 is 5.51 Å². The zero-order valence-electron chi connectivity index (χ0n) is 8.44. The van der Waals surface area contributed by atoms with Gasteiger partial charge in [0.15, 0.2) is 0 Å². The molecule has 96 valence electrons. The molecule has 2 nitrogen and oxygen atoms in total. The lowest BCUT2D eigenvalue weighted by Crippen LogP contribution is -2.11. The van der Waals surface area contributed by atoms with Crippen molar-refractivity contribution in [1.29, 1.82) is 0 Å². The lowest BCUT2D eigenvalue weighted by molar-refractivity contribution is -0.0327. The highest BCUT2D eigenvalue weighted by molar-refractivity contribution is 14.1. The fourth-order valence-electron chi connectivity index (χ4n) is 1.07. The number of nitrogens with one attached hydrogen (secondary N) is 1. The van der Waals surface area contributed by atoms with Crippen molar-refractivity contribution in [2.75, 3.05) is 23.3 Å². The van der Waals surface area contributed by atoms with Gasteiger partial charge in [-0.15, -0.1) is 0 Å². The van der Waals surface area contributed by atoms with Crippen LogP contribution in [0.25, 0.3) is 0 Å². The number of alkyl halides is 3. The van der Waals surface area contributed by atoms with Gasteiger partial charge in [0.25, 0.3) is 0 Å². The first-order valence-corrected chi connectivity index (χ1v) is 6.55. The van der Waals surface area contributed by atoms with Crippen LogP contribution in [0.15, 0.2) is 12.1 Å². The van der Waals surface area contributed by atoms with E-state index in [0.717, 1.165) is 0 Å². The first-order valence-electron chi connectivity index (χ1n) is 4.48. The van der Waals surface area contributed by atoms with E-state index in [0.29, 0.717) is 14.9 Å². The van der Waals surface area contributed by atoms with Gasteiger partial charge in [0, 0.05) is 18.4 Å². The molecule has 17 heavy (non-hydrogen) atoms. The molecule has 3 N–H and O–H groups in total. The molecular formula is C9H9F4IN2S. The van der Waals surface area contributed by atoms with E-state index < -0.39 is 11.3 Å². The van der Waals surface area contributed by atoms with E-state index in [1.54, 1.807) is 22.6 Å². The Morgan fingerprint density at radius 3 is 2.59 bits per heavy atom. The van der Waals surface area contributed by atoms with E-state index >= 15 is 0 Å². The number of nitrogen functional groups attached to an aromatic ring is 1. The number of rotatable bonds is 4. The number of anilines is 2. The Balaban J connectivity index is 2.50. The van der Waals surface area contributed by atoms with Crippen molar-refractivity contribution in [2.45, 2.75) is 5.51 Å². The summed E-state index contributed by atoms with van der Waals surface area (Å²) in [5.41, 5.74) is 1.97. The van der Waals surface area contributed by atoms with Gasteiger partial charge in [-0.2, -0.15) is 13.2 Å². The van der Waals surface area contributed by atoms with Gasteiger partial charge in [0.05, 0.1) is 14.9 Å². The zero-order chi connectivity index (χ0) is 13.1. The monoisotopic (exact) mass is 380 g/mol. The second-order valence-electron chi connectivity index (χ2n) is 3.07. The molecule has 0 fully saturated rings. The molecule has 8 heteroatoms. The van der Waals surface area contributed by atoms with Gasteiger partial charge in [0.2, 0.25) is 0 Å². The lowest BCUT2D eigenvalue weighted by Gasteiger charge is -2.11. The van der Waals surface area contributed by atoms with Crippen LogP contribution < -0.4 is 11.1 Å². The van der Waals surface area contributed by atoms with E-state index in [2.05, 4.69) is 5.32 Å². The fourth-order valence-corrected chi connectivity index (χ4v) is 1.99. The summed E-state index contributed by atoms with van der Waals surface area (Å²) in [6.07, 6.45) is 0. The van der Waals surface area contributed by atoms with Crippen LogP contribution in [0.2, 0.25) is 0 Å². The Hall–Kier alpha value is -0.380. The number of nitrogens with two attached hydrogens (primary N) is 1. The highest BCUT2D eigenvalue weighted by Crippen LogP contribution is 2.30. The molecule has 0 atom stereocenters. The Morgan fingerprint density at radius 2 is 2.00 bits per heavy atom. The Labute approximate surface area is 113 Å². The van der Waals surface area contributed by atoms with Crippen LogP contribution in [0, 0.1) is 9.39 Å². The third kappa shape index (κ3) is 5.19. The number of thioether (sulfide) groups is 1. The van der Waals surface area contributed by atoms with Crippen molar-refractivity contribution in [1.82, 2.24) is 0 Å². The molecule has 0 bridgehead atoms. The van der Waals surface area contributed by atoms with Gasteiger partial charge in [-0.3, -0.25) is 0 Å². The average molecular weight is 380 g/mol. The first kappa shape index (κ1) is 14.7. The maximum Gasteiger partial charge on any atom is 0.441 e. The summed E-state index contributed by atoms with van der Waals surface area (Å²) < 4.78 is 49.0. The van der Waals surface area contributed by atoms with Gasteiger partial charge in [-0.1, -0.05) is 0 Å². The summed E-state index contributed by atoms with van der Waals surface area (Å²) in [6.45, 7) is 0.0639. The van der Waals surface area contributed by atoms with Gasteiger partial charge < -0.3 is 11.1 Å². The maximum atomic E-state index is 13.2. The molecule has 0 amide bonds. The van der Waals surface area contributed by atoms with Crippen molar-refractivity contribution in [3.8, 4) is 0 Å². The van der Waals surface area contributed by atoms with Crippen molar-refractivity contribution < 1.29 is 17.6 Å². The molecule has 1 aromatic rings. The Kier molecular flexibility index (Phi) is 5.17. The van der Waals surface area contributed by atoms with E-state index in [1.807, 2.05) is 0 Å². The van der Waals surface area contributed by atoms with Crippen molar-refractivity contribution in [3.05, 3.63) is 21.5 Å². The molecule has 0 aromatic heterocycles. The largest absolute Gasteiger partial charge is 0.441 e. The predicted octanol–water partition coefficient (Wildman–Crippen LogP) is 3.68. The quantitative estimate of drug-likeness (QED) is 0.362. The highest BCUT2D eigenvalue weighted by Gasteiger charge is 2.27. The van der Waals surface area contributed by atoms with Crippen molar-refractivity contribution in [2.24, 2.45) is 0 Å². The molecule has 0 saturated carbocycles. The topological polar surface area (TPSA) is 38.0 Å². The number of hydrogen-bond donors (Lipinski definition) is 2. The molecule has 0 aliphatic carbocycles. The number of hydrogen-bond acceptors (Lipinski definition) is 3. The predicted molar refractivity (Wildman–Crippen MR) is 70.5 cm³/mol. The molecule has 0 aliphatic heterocycles. The smallest absolute Gasteiger partial charge is 0.397 e. The highest BCUT2D eigenvalue weighted by atomic mass is 127. The minimum absolute atomic E-state index is 0.0639. The number of halogens is 5. The minimum Gasteiger partial charge on any atom is -0.397 e. The third-order valence-corrected chi connectivity index (χ3v) is 3.34. The van der Waals surface area contributed by atoms with Crippen LogP contribution in [0.5, 0.6) is 0 Å². The second-order valence-corrected chi connectivity index (χ2v) is 5.40. The molecule has 0 aliphatic rings. The van der Waals surface area contributed by atoms with Crippen LogP contribution >= 0.6 is 34.4 Å². The third-order valence-electron chi connectivity index (χ3n) is 1.78. The van der Waals surface area contributed by atoms with E-state index in [1.165, 1.54) is 12.1 Å². The van der Waals surface area contributed by atoms with Crippen LogP contribution in [-0.2, 0) is 0 Å². The van der Waals surface area contributed by atoms with Crippen molar-refractivity contribution in [3.63, 3.8) is 0 Å². The van der Waals surface area contributed by atoms with Crippen LogP contribution in [0.3, 0.4) is 0 Å². The fraction of sp³-hybridized carbons (Fsp3) is 0.333. The first-order chi connectivity index (χ1) is 7.79. The molecule has 0 spiro atoms. The van der Waals surface area contributed by atoms with Gasteiger partial charge in [-0.25, -0.2) is 4.39 Å². The normalized spacial score (nSPS) is 11.6. The average Bonchev–Trinajstić information content (AvgIpc) is 2.18. The van der Waals surface area contributed by atoms with E-state index in [-0.39, 0.29) is 24.1 Å². The lowest BCUT2D eigenvalue weighted by atomic mass is 10.2. The molecule has 0 heterocycles. The molecule has 1 rings (SSSR count). The Morgan fingerprint density at radius 1 is 1.35 bits per heavy atom. The zero-order valence-corrected chi connectivity index (χ0v) is 11.4. The minimum atomic E-state index is -4.25. The summed E-state index contributed by atoms with van der Waals surface area (Å²) in [7, 11) is 0. The van der Waals surface area contributed by atoms with E-state index in [4.69, 9.17) is 5.73 Å². The Bertz CT molecular complexity index is 397. The standard InChI is InChI=1S/C9H9F4IN2S/c10-5-3-8(7(15)4-6(5)14)16-1-2-17-9(11,12)13/h3-4,16H,1-2,15H2. The summed E-state index contributed by atoms with van der Waals surface area (Å²) >= 11 is 1.65. The molecule has 1 aromatic carbocycles.